The van der Waals surface area contributed by atoms with Crippen molar-refractivity contribution in [2.24, 2.45) is 17.3 Å². The third kappa shape index (κ3) is 3.59. The van der Waals surface area contributed by atoms with Gasteiger partial charge < -0.3 is 14.9 Å². The lowest BCUT2D eigenvalue weighted by Crippen LogP contribution is -2.53. The Morgan fingerprint density at radius 2 is 1.41 bits per heavy atom. The molecule has 2 amide bonds. The van der Waals surface area contributed by atoms with Gasteiger partial charge in [0.15, 0.2) is 0 Å². The molecule has 1 heterocycles. The van der Waals surface area contributed by atoms with E-state index in [-0.39, 0.29) is 23.7 Å². The van der Waals surface area contributed by atoms with Gasteiger partial charge in [-0.15, -0.1) is 0 Å². The lowest BCUT2D eigenvalue weighted by atomic mass is 9.94. The van der Waals surface area contributed by atoms with Crippen molar-refractivity contribution in [1.82, 2.24) is 9.80 Å². The summed E-state index contributed by atoms with van der Waals surface area (Å²) in [6, 6.07) is 0. The Labute approximate surface area is 131 Å². The summed E-state index contributed by atoms with van der Waals surface area (Å²) >= 11 is 0. The molecule has 0 aromatic rings. The molecule has 124 valence electrons. The van der Waals surface area contributed by atoms with E-state index in [9.17, 15) is 14.4 Å². The number of nitrogens with zero attached hydrogens (tertiary/aromatic N) is 2. The van der Waals surface area contributed by atoms with Gasteiger partial charge in [0.05, 0.1) is 5.92 Å². The average Bonchev–Trinajstić information content (AvgIpc) is 2.95. The summed E-state index contributed by atoms with van der Waals surface area (Å²) in [7, 11) is 0. The number of amides is 2. The SMILES string of the molecule is CC(C)(C)C(=O)N1CCN(C(=O)[C@@H]2CC[C@H](C(=O)O)C2)CC1. The first kappa shape index (κ1) is 16.8. The van der Waals surface area contributed by atoms with E-state index in [1.165, 1.54) is 0 Å². The summed E-state index contributed by atoms with van der Waals surface area (Å²) < 4.78 is 0. The fraction of sp³-hybridized carbons (Fsp3) is 0.812. The molecule has 1 N–H and O–H groups in total. The highest BCUT2D eigenvalue weighted by Gasteiger charge is 2.37. The quantitative estimate of drug-likeness (QED) is 0.831. The van der Waals surface area contributed by atoms with Crippen molar-refractivity contribution in [3.8, 4) is 0 Å². The Morgan fingerprint density at radius 3 is 1.86 bits per heavy atom. The number of hydrogen-bond acceptors (Lipinski definition) is 3. The maximum Gasteiger partial charge on any atom is 0.306 e. The van der Waals surface area contributed by atoms with E-state index in [1.807, 2.05) is 25.7 Å². The molecule has 6 nitrogen and oxygen atoms in total. The Morgan fingerprint density at radius 1 is 0.909 bits per heavy atom. The molecular formula is C16H26N2O4. The van der Waals surface area contributed by atoms with E-state index in [0.717, 1.165) is 0 Å². The summed E-state index contributed by atoms with van der Waals surface area (Å²) in [5, 5.41) is 9.03. The second-order valence-corrected chi connectivity index (χ2v) is 7.41. The molecule has 22 heavy (non-hydrogen) atoms. The van der Waals surface area contributed by atoms with E-state index < -0.39 is 11.4 Å². The van der Waals surface area contributed by atoms with E-state index in [4.69, 9.17) is 5.11 Å². The third-order valence-electron chi connectivity index (χ3n) is 4.65. The summed E-state index contributed by atoms with van der Waals surface area (Å²) in [4.78, 5) is 39.3. The van der Waals surface area contributed by atoms with Crippen molar-refractivity contribution in [3.05, 3.63) is 0 Å². The molecule has 0 bridgehead atoms. The van der Waals surface area contributed by atoms with Crippen LogP contribution in [-0.4, -0.2) is 58.9 Å². The van der Waals surface area contributed by atoms with Crippen LogP contribution in [0, 0.1) is 17.3 Å². The van der Waals surface area contributed by atoms with Crippen molar-refractivity contribution in [2.45, 2.75) is 40.0 Å². The molecule has 0 spiro atoms. The Bertz CT molecular complexity index is 461. The third-order valence-corrected chi connectivity index (χ3v) is 4.65. The molecule has 2 aliphatic rings. The number of aliphatic carboxylic acids is 1. The zero-order chi connectivity index (χ0) is 16.5. The largest absolute Gasteiger partial charge is 0.481 e. The average molecular weight is 310 g/mol. The van der Waals surface area contributed by atoms with E-state index in [2.05, 4.69) is 0 Å². The maximum absolute atomic E-state index is 12.5. The molecule has 6 heteroatoms. The van der Waals surface area contributed by atoms with Crippen molar-refractivity contribution in [1.29, 1.82) is 0 Å². The van der Waals surface area contributed by atoms with Gasteiger partial charge in [-0.05, 0) is 19.3 Å². The van der Waals surface area contributed by atoms with Gasteiger partial charge in [0.2, 0.25) is 11.8 Å². The van der Waals surface area contributed by atoms with Crippen molar-refractivity contribution >= 4 is 17.8 Å². The van der Waals surface area contributed by atoms with Crippen molar-refractivity contribution in [3.63, 3.8) is 0 Å². The van der Waals surface area contributed by atoms with Crippen LogP contribution < -0.4 is 0 Å². The van der Waals surface area contributed by atoms with Crippen LogP contribution in [-0.2, 0) is 14.4 Å². The molecule has 1 aliphatic heterocycles. The van der Waals surface area contributed by atoms with Crippen molar-refractivity contribution in [2.75, 3.05) is 26.2 Å². The molecule has 2 rings (SSSR count). The molecule has 1 aliphatic carbocycles. The van der Waals surface area contributed by atoms with E-state index in [1.54, 1.807) is 4.90 Å². The van der Waals surface area contributed by atoms with Gasteiger partial charge in [-0.2, -0.15) is 0 Å². The number of carboxylic acids is 1. The number of rotatable bonds is 2. The molecule has 0 aromatic heterocycles. The normalized spacial score (nSPS) is 26.1. The van der Waals surface area contributed by atoms with Gasteiger partial charge in [-0.3, -0.25) is 14.4 Å². The van der Waals surface area contributed by atoms with Crippen LogP contribution in [0.4, 0.5) is 0 Å². The first-order valence-corrected chi connectivity index (χ1v) is 8.01. The highest BCUT2D eigenvalue weighted by Crippen LogP contribution is 2.32. The van der Waals surface area contributed by atoms with Gasteiger partial charge in [0, 0.05) is 37.5 Å². The summed E-state index contributed by atoms with van der Waals surface area (Å²) in [5.74, 6) is -1.16. The maximum atomic E-state index is 12.5. The van der Waals surface area contributed by atoms with Crippen LogP contribution in [0.15, 0.2) is 0 Å². The fourth-order valence-electron chi connectivity index (χ4n) is 3.29. The van der Waals surface area contributed by atoms with Gasteiger partial charge in [0.25, 0.3) is 0 Å². The predicted octanol–water partition coefficient (Wildman–Crippen LogP) is 1.20. The molecule has 0 aromatic carbocycles. The van der Waals surface area contributed by atoms with Gasteiger partial charge in [-0.1, -0.05) is 20.8 Å². The molecule has 1 saturated heterocycles. The van der Waals surface area contributed by atoms with Crippen LogP contribution >= 0.6 is 0 Å². The van der Waals surface area contributed by atoms with Gasteiger partial charge in [-0.25, -0.2) is 0 Å². The van der Waals surface area contributed by atoms with Crippen molar-refractivity contribution < 1.29 is 19.5 Å². The Balaban J connectivity index is 1.86. The number of carbonyl (C=O) groups excluding carboxylic acids is 2. The topological polar surface area (TPSA) is 77.9 Å². The number of hydrogen-bond donors (Lipinski definition) is 1. The highest BCUT2D eigenvalue weighted by atomic mass is 16.4. The molecule has 2 fully saturated rings. The first-order valence-electron chi connectivity index (χ1n) is 8.01. The Kier molecular flexibility index (Phi) is 4.78. The summed E-state index contributed by atoms with van der Waals surface area (Å²) in [6.45, 7) is 7.93. The molecule has 0 radical (unpaired) electrons. The van der Waals surface area contributed by atoms with E-state index >= 15 is 0 Å². The lowest BCUT2D eigenvalue weighted by molar-refractivity contribution is -0.146. The monoisotopic (exact) mass is 310 g/mol. The molecular weight excluding hydrogens is 284 g/mol. The summed E-state index contributed by atoms with van der Waals surface area (Å²) in [5.41, 5.74) is -0.396. The van der Waals surface area contributed by atoms with E-state index in [0.29, 0.717) is 45.4 Å². The molecule has 1 saturated carbocycles. The fourth-order valence-corrected chi connectivity index (χ4v) is 3.29. The zero-order valence-electron chi connectivity index (χ0n) is 13.7. The number of piperazine rings is 1. The minimum absolute atomic E-state index is 0.0617. The molecule has 0 unspecified atom stereocenters. The van der Waals surface area contributed by atoms with Crippen LogP contribution in [0.2, 0.25) is 0 Å². The first-order chi connectivity index (χ1) is 10.2. The summed E-state index contributed by atoms with van der Waals surface area (Å²) in [6.07, 6.45) is 1.71. The van der Waals surface area contributed by atoms with Crippen LogP contribution in [0.1, 0.15) is 40.0 Å². The van der Waals surface area contributed by atoms with Gasteiger partial charge >= 0.3 is 5.97 Å². The van der Waals surface area contributed by atoms with Crippen LogP contribution in [0.5, 0.6) is 0 Å². The second-order valence-electron chi connectivity index (χ2n) is 7.41. The second kappa shape index (κ2) is 6.26. The van der Waals surface area contributed by atoms with Crippen LogP contribution in [0.25, 0.3) is 0 Å². The number of carboxylic acid groups (broad SMARTS) is 1. The van der Waals surface area contributed by atoms with Crippen LogP contribution in [0.3, 0.4) is 0 Å². The number of carbonyl (C=O) groups is 3. The minimum Gasteiger partial charge on any atom is -0.481 e. The van der Waals surface area contributed by atoms with Gasteiger partial charge in [0.1, 0.15) is 0 Å². The lowest BCUT2D eigenvalue weighted by Gasteiger charge is -2.38. The smallest absolute Gasteiger partial charge is 0.306 e. The minimum atomic E-state index is -0.795. The highest BCUT2D eigenvalue weighted by molar-refractivity contribution is 5.83. The Hall–Kier alpha value is -1.59. The standard InChI is InChI=1S/C16H26N2O4/c1-16(2,3)15(22)18-8-6-17(7-9-18)13(19)11-4-5-12(10-11)14(20)21/h11-12H,4-10H2,1-3H3,(H,20,21)/t11-,12+/m1/s1. The zero-order valence-corrected chi connectivity index (χ0v) is 13.7. The molecule has 2 atom stereocenters. The predicted molar refractivity (Wildman–Crippen MR) is 81.1 cm³/mol.